The number of hydrogen-bond donors (Lipinski definition) is 3. The number of anilines is 1. The summed E-state index contributed by atoms with van der Waals surface area (Å²) in [5.41, 5.74) is 1.68. The summed E-state index contributed by atoms with van der Waals surface area (Å²) in [6.45, 7) is 1.58. The molecule has 0 saturated carbocycles. The van der Waals surface area contributed by atoms with Gasteiger partial charge in [-0.3, -0.25) is 14.9 Å². The van der Waals surface area contributed by atoms with E-state index >= 15 is 0 Å². The molecule has 0 saturated heterocycles. The molecule has 0 spiro atoms. The Hall–Kier alpha value is -3.99. The van der Waals surface area contributed by atoms with Crippen molar-refractivity contribution >= 4 is 34.4 Å². The highest BCUT2D eigenvalue weighted by Crippen LogP contribution is 2.27. The first-order chi connectivity index (χ1) is 16.5. The second-order valence-corrected chi connectivity index (χ2v) is 7.98. The standard InChI is InChI=1S/C23H25N5O5S/c1-3-33-19(29)14-24-22(31)25-18(13-15-7-5-4-6-8-15)20(30)26-23-28-27-21(34-23)16-9-11-17(32-2)12-10-16/h4-12,18H,3,13-14H2,1-2H3,(H2,24,25,31)(H,26,28,30). The minimum atomic E-state index is -0.919. The quantitative estimate of drug-likeness (QED) is 0.378. The molecule has 3 amide bonds. The minimum absolute atomic E-state index is 0.210. The van der Waals surface area contributed by atoms with Gasteiger partial charge in [0, 0.05) is 12.0 Å². The van der Waals surface area contributed by atoms with Gasteiger partial charge in [0.1, 0.15) is 23.3 Å². The van der Waals surface area contributed by atoms with Crippen LogP contribution in [0.25, 0.3) is 10.6 Å². The lowest BCUT2D eigenvalue weighted by molar-refractivity contribution is -0.141. The second-order valence-electron chi connectivity index (χ2n) is 7.00. The Morgan fingerprint density at radius 2 is 1.76 bits per heavy atom. The summed E-state index contributed by atoms with van der Waals surface area (Å²) in [5.74, 6) is -0.313. The maximum Gasteiger partial charge on any atom is 0.325 e. The van der Waals surface area contributed by atoms with Crippen LogP contribution in [0.1, 0.15) is 12.5 Å². The van der Waals surface area contributed by atoms with Gasteiger partial charge in [-0.25, -0.2) is 4.79 Å². The zero-order valence-electron chi connectivity index (χ0n) is 18.7. The second kappa shape index (κ2) is 12.3. The third-order valence-corrected chi connectivity index (χ3v) is 5.48. The maximum absolute atomic E-state index is 13.0. The first-order valence-corrected chi connectivity index (χ1v) is 11.3. The Balaban J connectivity index is 1.67. The predicted molar refractivity (Wildman–Crippen MR) is 128 cm³/mol. The van der Waals surface area contributed by atoms with Crippen LogP contribution >= 0.6 is 11.3 Å². The average molecular weight is 484 g/mol. The molecule has 0 aliphatic heterocycles. The number of benzene rings is 2. The summed E-state index contributed by atoms with van der Waals surface area (Å²) in [5, 5.41) is 16.8. The molecule has 3 aromatic rings. The average Bonchev–Trinajstić information content (AvgIpc) is 3.31. The molecule has 1 unspecified atom stereocenters. The number of aromatic nitrogens is 2. The van der Waals surface area contributed by atoms with Crippen molar-refractivity contribution in [1.82, 2.24) is 20.8 Å². The summed E-state index contributed by atoms with van der Waals surface area (Å²) in [4.78, 5) is 36.8. The van der Waals surface area contributed by atoms with E-state index < -0.39 is 23.9 Å². The van der Waals surface area contributed by atoms with Crippen molar-refractivity contribution in [3.8, 4) is 16.3 Å². The Kier molecular flexibility index (Phi) is 8.92. The monoisotopic (exact) mass is 483 g/mol. The fourth-order valence-electron chi connectivity index (χ4n) is 2.95. The van der Waals surface area contributed by atoms with Gasteiger partial charge in [0.05, 0.1) is 13.7 Å². The van der Waals surface area contributed by atoms with Gasteiger partial charge in [-0.1, -0.05) is 41.7 Å². The number of nitrogens with one attached hydrogen (secondary N) is 3. The van der Waals surface area contributed by atoms with Crippen LogP contribution in [0.5, 0.6) is 5.75 Å². The van der Waals surface area contributed by atoms with Crippen LogP contribution in [0, 0.1) is 0 Å². The Labute approximate surface area is 200 Å². The molecule has 0 fully saturated rings. The Bertz CT molecular complexity index is 1100. The van der Waals surface area contributed by atoms with Crippen LogP contribution in [0.4, 0.5) is 9.93 Å². The number of esters is 1. The van der Waals surface area contributed by atoms with Crippen molar-refractivity contribution in [2.75, 3.05) is 25.6 Å². The topological polar surface area (TPSA) is 132 Å². The zero-order valence-corrected chi connectivity index (χ0v) is 19.6. The van der Waals surface area contributed by atoms with Crippen molar-refractivity contribution in [2.45, 2.75) is 19.4 Å². The molecule has 10 nitrogen and oxygen atoms in total. The fourth-order valence-corrected chi connectivity index (χ4v) is 3.70. The van der Waals surface area contributed by atoms with Gasteiger partial charge >= 0.3 is 12.0 Å². The first-order valence-electron chi connectivity index (χ1n) is 10.5. The Morgan fingerprint density at radius 1 is 1.03 bits per heavy atom. The van der Waals surface area contributed by atoms with Crippen LogP contribution in [0.3, 0.4) is 0 Å². The number of nitrogens with zero attached hydrogens (tertiary/aromatic N) is 2. The summed E-state index contributed by atoms with van der Waals surface area (Å²) in [7, 11) is 1.59. The van der Waals surface area contributed by atoms with Gasteiger partial charge in [-0.05, 0) is 36.8 Å². The van der Waals surface area contributed by atoms with Crippen LogP contribution in [0.2, 0.25) is 0 Å². The van der Waals surface area contributed by atoms with Crippen LogP contribution < -0.4 is 20.7 Å². The van der Waals surface area contributed by atoms with Crippen molar-refractivity contribution in [3.63, 3.8) is 0 Å². The maximum atomic E-state index is 13.0. The highest BCUT2D eigenvalue weighted by atomic mass is 32.1. The molecule has 0 aliphatic carbocycles. The molecule has 2 aromatic carbocycles. The van der Waals surface area contributed by atoms with Gasteiger partial charge in [-0.2, -0.15) is 0 Å². The lowest BCUT2D eigenvalue weighted by atomic mass is 10.1. The third-order valence-electron chi connectivity index (χ3n) is 4.60. The number of hydrogen-bond acceptors (Lipinski definition) is 8. The van der Waals surface area contributed by atoms with Crippen molar-refractivity contribution in [1.29, 1.82) is 0 Å². The molecule has 0 bridgehead atoms. The highest BCUT2D eigenvalue weighted by molar-refractivity contribution is 7.18. The van der Waals surface area contributed by atoms with Gasteiger partial charge in [0.15, 0.2) is 0 Å². The van der Waals surface area contributed by atoms with Crippen molar-refractivity contribution in [3.05, 3.63) is 60.2 Å². The molecule has 1 aromatic heterocycles. The minimum Gasteiger partial charge on any atom is -0.497 e. The summed E-state index contributed by atoms with van der Waals surface area (Å²) in [6.07, 6.45) is 0.240. The van der Waals surface area contributed by atoms with E-state index in [0.29, 0.717) is 10.1 Å². The molecule has 11 heteroatoms. The molecule has 178 valence electrons. The number of urea groups is 1. The predicted octanol–water partition coefficient (Wildman–Crippen LogP) is 2.63. The summed E-state index contributed by atoms with van der Waals surface area (Å²) >= 11 is 1.21. The van der Waals surface area contributed by atoms with Gasteiger partial charge in [0.2, 0.25) is 11.0 Å². The van der Waals surface area contributed by atoms with Crippen LogP contribution in [-0.4, -0.2) is 54.4 Å². The zero-order chi connectivity index (χ0) is 24.3. The highest BCUT2D eigenvalue weighted by Gasteiger charge is 2.23. The number of rotatable bonds is 10. The lowest BCUT2D eigenvalue weighted by Crippen LogP contribution is -2.50. The van der Waals surface area contributed by atoms with Crippen molar-refractivity contribution < 1.29 is 23.9 Å². The molecular weight excluding hydrogens is 458 g/mol. The van der Waals surface area contributed by atoms with Gasteiger partial charge in [-0.15, -0.1) is 10.2 Å². The molecule has 0 radical (unpaired) electrons. The number of ether oxygens (including phenoxy) is 2. The molecule has 1 atom stereocenters. The summed E-state index contributed by atoms with van der Waals surface area (Å²) in [6, 6.07) is 15.0. The van der Waals surface area contributed by atoms with Crippen LogP contribution in [0.15, 0.2) is 54.6 Å². The van der Waals surface area contributed by atoms with Gasteiger partial charge in [0.25, 0.3) is 0 Å². The van der Waals surface area contributed by atoms with E-state index in [2.05, 4.69) is 26.1 Å². The first kappa shape index (κ1) is 24.6. The van der Waals surface area contributed by atoms with E-state index in [1.807, 2.05) is 54.6 Å². The number of methoxy groups -OCH3 is 1. The summed E-state index contributed by atoms with van der Waals surface area (Å²) < 4.78 is 9.95. The molecule has 1 heterocycles. The molecular formula is C23H25N5O5S. The van der Waals surface area contributed by atoms with E-state index in [-0.39, 0.29) is 19.6 Å². The van der Waals surface area contributed by atoms with E-state index in [1.54, 1.807) is 14.0 Å². The number of amides is 3. The molecule has 3 N–H and O–H groups in total. The number of carbonyl (C=O) groups is 3. The molecule has 34 heavy (non-hydrogen) atoms. The van der Waals surface area contributed by atoms with E-state index in [4.69, 9.17) is 9.47 Å². The smallest absolute Gasteiger partial charge is 0.325 e. The van der Waals surface area contributed by atoms with E-state index in [0.717, 1.165) is 16.9 Å². The normalized spacial score (nSPS) is 11.2. The third kappa shape index (κ3) is 7.27. The van der Waals surface area contributed by atoms with E-state index in [9.17, 15) is 14.4 Å². The fraction of sp³-hybridized carbons (Fsp3) is 0.261. The number of carbonyl (C=O) groups excluding carboxylic acids is 3. The molecule has 0 aliphatic rings. The Morgan fingerprint density at radius 3 is 2.44 bits per heavy atom. The van der Waals surface area contributed by atoms with Crippen LogP contribution in [-0.2, 0) is 20.7 Å². The lowest BCUT2D eigenvalue weighted by Gasteiger charge is -2.18. The van der Waals surface area contributed by atoms with E-state index in [1.165, 1.54) is 11.3 Å². The SMILES string of the molecule is CCOC(=O)CNC(=O)NC(Cc1ccccc1)C(=O)Nc1nnc(-c2ccc(OC)cc2)s1. The molecule has 3 rings (SSSR count). The van der Waals surface area contributed by atoms with Crippen molar-refractivity contribution in [2.24, 2.45) is 0 Å². The largest absolute Gasteiger partial charge is 0.497 e. The van der Waals surface area contributed by atoms with Gasteiger partial charge < -0.3 is 20.1 Å².